The molecule has 0 amide bonds. The van der Waals surface area contributed by atoms with Gasteiger partial charge in [-0.1, -0.05) is 15.9 Å². The summed E-state index contributed by atoms with van der Waals surface area (Å²) >= 11 is 6.51. The van der Waals surface area contributed by atoms with Crippen LogP contribution in [0.15, 0.2) is 26.0 Å². The standard InChI is InChI=1S/C12H13Br2NO5S/c1-6-2-9(14)11(3-8(6)13)21(18,19)15-10-5-20-4-7(10)12(16)17/h2-3,7,10,15H,4-5H2,1H3,(H,16,17). The van der Waals surface area contributed by atoms with Gasteiger partial charge in [-0.15, -0.1) is 0 Å². The molecule has 116 valence electrons. The Hall–Kier alpha value is -0.480. The SMILES string of the molecule is Cc1cc(Br)c(S(=O)(=O)NC2COCC2C(=O)O)cc1Br. The van der Waals surface area contributed by atoms with Crippen molar-refractivity contribution in [1.82, 2.24) is 4.72 Å². The Bertz CT molecular complexity index is 676. The van der Waals surface area contributed by atoms with Crippen molar-refractivity contribution < 1.29 is 23.1 Å². The van der Waals surface area contributed by atoms with Gasteiger partial charge in [0.05, 0.1) is 30.1 Å². The second kappa shape index (κ2) is 6.33. The molecule has 2 rings (SSSR count). The monoisotopic (exact) mass is 441 g/mol. The molecule has 0 radical (unpaired) electrons. The predicted molar refractivity (Wildman–Crippen MR) is 82.6 cm³/mol. The summed E-state index contributed by atoms with van der Waals surface area (Å²) in [6.07, 6.45) is 0. The third-order valence-corrected chi connectivity index (χ3v) is 6.51. The summed E-state index contributed by atoms with van der Waals surface area (Å²) in [5, 5.41) is 9.05. The highest BCUT2D eigenvalue weighted by Crippen LogP contribution is 2.29. The third kappa shape index (κ3) is 3.65. The summed E-state index contributed by atoms with van der Waals surface area (Å²) in [4.78, 5) is 11.1. The number of hydrogen-bond acceptors (Lipinski definition) is 4. The van der Waals surface area contributed by atoms with E-state index in [0.717, 1.165) is 5.56 Å². The molecule has 2 atom stereocenters. The van der Waals surface area contributed by atoms with Crippen molar-refractivity contribution in [1.29, 1.82) is 0 Å². The lowest BCUT2D eigenvalue weighted by Gasteiger charge is -2.17. The van der Waals surface area contributed by atoms with Gasteiger partial charge in [0.2, 0.25) is 10.0 Å². The van der Waals surface area contributed by atoms with Crippen LogP contribution in [0.3, 0.4) is 0 Å². The molecule has 0 aromatic heterocycles. The highest BCUT2D eigenvalue weighted by Gasteiger charge is 2.37. The normalized spacial score (nSPS) is 22.4. The Balaban J connectivity index is 2.31. The summed E-state index contributed by atoms with van der Waals surface area (Å²) < 4.78 is 33.4. The second-order valence-electron chi connectivity index (χ2n) is 4.74. The zero-order valence-electron chi connectivity index (χ0n) is 11.0. The molecule has 1 aliphatic rings. The van der Waals surface area contributed by atoms with Crippen molar-refractivity contribution in [2.45, 2.75) is 17.9 Å². The number of carbonyl (C=O) groups is 1. The van der Waals surface area contributed by atoms with E-state index in [-0.39, 0.29) is 18.1 Å². The van der Waals surface area contributed by atoms with Crippen molar-refractivity contribution in [3.05, 3.63) is 26.6 Å². The van der Waals surface area contributed by atoms with Crippen LogP contribution in [0.2, 0.25) is 0 Å². The minimum Gasteiger partial charge on any atom is -0.481 e. The number of nitrogens with one attached hydrogen (secondary N) is 1. The second-order valence-corrected chi connectivity index (χ2v) is 8.13. The number of hydrogen-bond donors (Lipinski definition) is 2. The van der Waals surface area contributed by atoms with Crippen molar-refractivity contribution in [2.24, 2.45) is 5.92 Å². The van der Waals surface area contributed by atoms with Crippen molar-refractivity contribution in [3.8, 4) is 0 Å². The lowest BCUT2D eigenvalue weighted by Crippen LogP contribution is -2.42. The first-order valence-electron chi connectivity index (χ1n) is 6.01. The number of aryl methyl sites for hydroxylation is 1. The summed E-state index contributed by atoms with van der Waals surface area (Å²) in [5.41, 5.74) is 0.883. The number of ether oxygens (including phenoxy) is 1. The molecule has 21 heavy (non-hydrogen) atoms. The van der Waals surface area contributed by atoms with Crippen LogP contribution in [0, 0.1) is 12.8 Å². The van der Waals surface area contributed by atoms with Crippen LogP contribution in [-0.2, 0) is 19.6 Å². The number of halogens is 2. The molecular weight excluding hydrogens is 430 g/mol. The van der Waals surface area contributed by atoms with E-state index < -0.39 is 28.0 Å². The topological polar surface area (TPSA) is 92.7 Å². The largest absolute Gasteiger partial charge is 0.481 e. The number of benzene rings is 1. The molecule has 1 fully saturated rings. The van der Waals surface area contributed by atoms with E-state index in [1.807, 2.05) is 6.92 Å². The Morgan fingerprint density at radius 3 is 2.62 bits per heavy atom. The van der Waals surface area contributed by atoms with Gasteiger partial charge in [0.25, 0.3) is 0 Å². The molecule has 1 saturated heterocycles. The molecule has 0 bridgehead atoms. The molecule has 2 N–H and O–H groups in total. The number of rotatable bonds is 4. The first kappa shape index (κ1) is 16.9. The van der Waals surface area contributed by atoms with Crippen molar-refractivity contribution in [3.63, 3.8) is 0 Å². The maximum absolute atomic E-state index is 12.4. The van der Waals surface area contributed by atoms with Gasteiger partial charge in [0.1, 0.15) is 0 Å². The minimum absolute atomic E-state index is 0.00127. The van der Waals surface area contributed by atoms with Crippen LogP contribution in [0.5, 0.6) is 0 Å². The Labute approximate surface area is 139 Å². The summed E-state index contributed by atoms with van der Waals surface area (Å²) in [7, 11) is -3.85. The van der Waals surface area contributed by atoms with Crippen LogP contribution in [-0.4, -0.2) is 38.7 Å². The first-order chi connectivity index (χ1) is 9.72. The first-order valence-corrected chi connectivity index (χ1v) is 9.08. The predicted octanol–water partition coefficient (Wildman–Crippen LogP) is 1.90. The van der Waals surface area contributed by atoms with Crippen LogP contribution in [0.1, 0.15) is 5.56 Å². The van der Waals surface area contributed by atoms with E-state index in [9.17, 15) is 13.2 Å². The smallest absolute Gasteiger partial charge is 0.310 e. The molecule has 1 heterocycles. The fraction of sp³-hybridized carbons (Fsp3) is 0.417. The van der Waals surface area contributed by atoms with Gasteiger partial charge < -0.3 is 9.84 Å². The highest BCUT2D eigenvalue weighted by molar-refractivity contribution is 9.11. The van der Waals surface area contributed by atoms with E-state index in [1.54, 1.807) is 6.07 Å². The molecule has 0 spiro atoms. The Morgan fingerprint density at radius 2 is 2.00 bits per heavy atom. The lowest BCUT2D eigenvalue weighted by molar-refractivity contribution is -0.142. The molecule has 1 aliphatic heterocycles. The highest BCUT2D eigenvalue weighted by atomic mass is 79.9. The van der Waals surface area contributed by atoms with Crippen LogP contribution in [0.25, 0.3) is 0 Å². The van der Waals surface area contributed by atoms with E-state index in [2.05, 4.69) is 36.6 Å². The average Bonchev–Trinajstić information content (AvgIpc) is 2.81. The number of carboxylic acids is 1. The maximum atomic E-state index is 12.4. The number of carboxylic acid groups (broad SMARTS) is 1. The van der Waals surface area contributed by atoms with Crippen LogP contribution >= 0.6 is 31.9 Å². The van der Waals surface area contributed by atoms with Crippen molar-refractivity contribution in [2.75, 3.05) is 13.2 Å². The molecule has 0 aliphatic carbocycles. The molecule has 1 aromatic carbocycles. The van der Waals surface area contributed by atoms with E-state index >= 15 is 0 Å². The number of sulfonamides is 1. The lowest BCUT2D eigenvalue weighted by atomic mass is 10.1. The molecule has 6 nitrogen and oxygen atoms in total. The van der Waals surface area contributed by atoms with Gasteiger partial charge in [0, 0.05) is 8.95 Å². The molecular formula is C12H13Br2NO5S. The fourth-order valence-electron chi connectivity index (χ4n) is 2.01. The fourth-order valence-corrected chi connectivity index (χ4v) is 4.95. The third-order valence-electron chi connectivity index (χ3n) is 3.21. The van der Waals surface area contributed by atoms with Crippen LogP contribution in [0.4, 0.5) is 0 Å². The Morgan fingerprint density at radius 1 is 1.33 bits per heavy atom. The van der Waals surface area contributed by atoms with E-state index in [1.165, 1.54) is 6.07 Å². The minimum atomic E-state index is -3.85. The maximum Gasteiger partial charge on any atom is 0.310 e. The molecule has 2 unspecified atom stereocenters. The van der Waals surface area contributed by atoms with Gasteiger partial charge in [-0.2, -0.15) is 0 Å². The van der Waals surface area contributed by atoms with Gasteiger partial charge in [-0.25, -0.2) is 13.1 Å². The van der Waals surface area contributed by atoms with Gasteiger partial charge >= 0.3 is 5.97 Å². The van der Waals surface area contributed by atoms with E-state index in [4.69, 9.17) is 9.84 Å². The van der Waals surface area contributed by atoms with Crippen molar-refractivity contribution >= 4 is 47.9 Å². The zero-order chi connectivity index (χ0) is 15.8. The average molecular weight is 443 g/mol. The van der Waals surface area contributed by atoms with Gasteiger partial charge in [0.15, 0.2) is 0 Å². The Kier molecular flexibility index (Phi) is 5.09. The number of aliphatic carboxylic acids is 1. The van der Waals surface area contributed by atoms with Gasteiger partial charge in [-0.3, -0.25) is 4.79 Å². The quantitative estimate of drug-likeness (QED) is 0.742. The van der Waals surface area contributed by atoms with E-state index in [0.29, 0.717) is 8.95 Å². The van der Waals surface area contributed by atoms with Gasteiger partial charge in [-0.05, 0) is 40.5 Å². The summed E-state index contributed by atoms with van der Waals surface area (Å²) in [5.74, 6) is -1.96. The summed E-state index contributed by atoms with van der Waals surface area (Å²) in [6.45, 7) is 1.88. The zero-order valence-corrected chi connectivity index (χ0v) is 15.0. The van der Waals surface area contributed by atoms with Crippen LogP contribution < -0.4 is 4.72 Å². The molecule has 0 saturated carbocycles. The molecule has 9 heteroatoms. The molecule has 1 aromatic rings. The summed E-state index contributed by atoms with van der Waals surface area (Å²) in [6, 6.07) is 2.38.